The molecule has 2 rings (SSSR count). The molecule has 0 heterocycles. The molecule has 2 aromatic rings. The van der Waals surface area contributed by atoms with Crippen molar-refractivity contribution in [3.63, 3.8) is 0 Å². The van der Waals surface area contributed by atoms with Crippen LogP contribution in [0.15, 0.2) is 41.3 Å². The Balaban J connectivity index is 2.31. The molecule has 0 unspecified atom stereocenters. The summed E-state index contributed by atoms with van der Waals surface area (Å²) in [7, 11) is -3.83. The summed E-state index contributed by atoms with van der Waals surface area (Å²) in [4.78, 5) is 12.3. The summed E-state index contributed by atoms with van der Waals surface area (Å²) in [6, 6.07) is 8.25. The van der Waals surface area contributed by atoms with E-state index in [1.165, 1.54) is 0 Å². The zero-order valence-electron chi connectivity index (χ0n) is 15.3. The van der Waals surface area contributed by atoms with Gasteiger partial charge in [-0.15, -0.1) is 0 Å². The first kappa shape index (κ1) is 20.1. The van der Waals surface area contributed by atoms with E-state index >= 15 is 0 Å². The fourth-order valence-electron chi connectivity index (χ4n) is 2.28. The van der Waals surface area contributed by atoms with Crippen LogP contribution < -0.4 is 10.0 Å². The van der Waals surface area contributed by atoms with Gasteiger partial charge >= 0.3 is 0 Å². The molecule has 0 radical (unpaired) electrons. The lowest BCUT2D eigenvalue weighted by atomic mass is 10.1. The van der Waals surface area contributed by atoms with E-state index in [-0.39, 0.29) is 16.5 Å². The van der Waals surface area contributed by atoms with Gasteiger partial charge in [0.05, 0.1) is 10.5 Å². The molecule has 0 bridgehead atoms. The average Bonchev–Trinajstić information content (AvgIpc) is 2.57. The topological polar surface area (TPSA) is 75.3 Å². The Morgan fingerprint density at radius 3 is 2.42 bits per heavy atom. The van der Waals surface area contributed by atoms with Crippen LogP contribution in [0.4, 0.5) is 10.1 Å². The van der Waals surface area contributed by atoms with E-state index in [9.17, 15) is 17.6 Å². The maximum Gasteiger partial charge on any atom is 0.258 e. The van der Waals surface area contributed by atoms with E-state index in [1.54, 1.807) is 19.1 Å². The van der Waals surface area contributed by atoms with Crippen LogP contribution in [-0.2, 0) is 10.0 Å². The summed E-state index contributed by atoms with van der Waals surface area (Å²) in [5.41, 5.74) is 2.24. The first-order chi connectivity index (χ1) is 12.1. The van der Waals surface area contributed by atoms with E-state index in [4.69, 9.17) is 0 Å². The number of rotatable bonds is 6. The van der Waals surface area contributed by atoms with Gasteiger partial charge in [-0.2, -0.15) is 0 Å². The molecule has 0 fully saturated rings. The van der Waals surface area contributed by atoms with Crippen molar-refractivity contribution in [2.45, 2.75) is 45.1 Å². The molecule has 5 nitrogen and oxygen atoms in total. The Morgan fingerprint density at radius 2 is 1.81 bits per heavy atom. The van der Waals surface area contributed by atoms with Crippen molar-refractivity contribution < 1.29 is 17.6 Å². The number of anilines is 1. The fourth-order valence-corrected chi connectivity index (χ4v) is 3.63. The van der Waals surface area contributed by atoms with Gasteiger partial charge in [-0.1, -0.05) is 13.0 Å². The van der Waals surface area contributed by atoms with E-state index < -0.39 is 21.7 Å². The van der Waals surface area contributed by atoms with Crippen LogP contribution in [0.2, 0.25) is 0 Å². The molecule has 1 atom stereocenters. The fraction of sp³-hybridized carbons (Fsp3) is 0.316. The lowest BCUT2D eigenvalue weighted by Gasteiger charge is -2.13. The molecular formula is C19H23FN2O3S. The maximum absolute atomic E-state index is 14.1. The van der Waals surface area contributed by atoms with Crippen LogP contribution in [0, 0.1) is 19.7 Å². The van der Waals surface area contributed by atoms with Crippen LogP contribution in [0.3, 0.4) is 0 Å². The molecule has 0 aromatic heterocycles. The minimum Gasteiger partial charge on any atom is -0.322 e. The molecule has 0 aliphatic rings. The van der Waals surface area contributed by atoms with Gasteiger partial charge in [0.25, 0.3) is 5.91 Å². The Morgan fingerprint density at radius 1 is 1.12 bits per heavy atom. The van der Waals surface area contributed by atoms with E-state index in [2.05, 4.69) is 10.0 Å². The minimum atomic E-state index is -3.83. The number of benzene rings is 2. The van der Waals surface area contributed by atoms with Crippen molar-refractivity contribution in [1.29, 1.82) is 0 Å². The number of halogens is 1. The van der Waals surface area contributed by atoms with Crippen molar-refractivity contribution in [2.24, 2.45) is 0 Å². The predicted molar refractivity (Wildman–Crippen MR) is 100 cm³/mol. The van der Waals surface area contributed by atoms with Crippen LogP contribution in [0.5, 0.6) is 0 Å². The summed E-state index contributed by atoms with van der Waals surface area (Å²) in [6.45, 7) is 7.42. The largest absolute Gasteiger partial charge is 0.322 e. The molecule has 140 valence electrons. The van der Waals surface area contributed by atoms with Crippen molar-refractivity contribution in [1.82, 2.24) is 4.72 Å². The van der Waals surface area contributed by atoms with Gasteiger partial charge in [-0.05, 0) is 68.7 Å². The van der Waals surface area contributed by atoms with Gasteiger partial charge in [0, 0.05) is 11.7 Å². The zero-order valence-corrected chi connectivity index (χ0v) is 16.1. The smallest absolute Gasteiger partial charge is 0.258 e. The Bertz CT molecular complexity index is 926. The predicted octanol–water partition coefficient (Wildman–Crippen LogP) is 3.77. The second kappa shape index (κ2) is 7.97. The molecule has 0 aliphatic carbocycles. The highest BCUT2D eigenvalue weighted by atomic mass is 32.2. The van der Waals surface area contributed by atoms with Crippen LogP contribution in [0.25, 0.3) is 0 Å². The zero-order chi connectivity index (χ0) is 19.5. The number of hydrogen-bond donors (Lipinski definition) is 2. The first-order valence-electron chi connectivity index (χ1n) is 8.34. The van der Waals surface area contributed by atoms with E-state index in [0.29, 0.717) is 12.1 Å². The lowest BCUT2D eigenvalue weighted by Crippen LogP contribution is -2.32. The molecule has 1 amide bonds. The monoisotopic (exact) mass is 378 g/mol. The highest BCUT2D eigenvalue weighted by molar-refractivity contribution is 7.89. The van der Waals surface area contributed by atoms with Crippen molar-refractivity contribution in [3.05, 3.63) is 58.9 Å². The minimum absolute atomic E-state index is 0.149. The molecule has 7 heteroatoms. The maximum atomic E-state index is 14.1. The Hall–Kier alpha value is -2.25. The third kappa shape index (κ3) is 4.68. The molecule has 0 spiro atoms. The molecule has 0 saturated heterocycles. The highest BCUT2D eigenvalue weighted by Gasteiger charge is 2.21. The molecule has 2 N–H and O–H groups in total. The number of amides is 1. The van der Waals surface area contributed by atoms with Gasteiger partial charge in [0.2, 0.25) is 10.0 Å². The second-order valence-corrected chi connectivity index (χ2v) is 8.04. The molecule has 2 aromatic carbocycles. The van der Waals surface area contributed by atoms with Crippen LogP contribution in [-0.4, -0.2) is 20.4 Å². The number of sulfonamides is 1. The van der Waals surface area contributed by atoms with Gasteiger partial charge in [0.15, 0.2) is 0 Å². The van der Waals surface area contributed by atoms with Gasteiger partial charge in [-0.25, -0.2) is 17.5 Å². The van der Waals surface area contributed by atoms with Crippen LogP contribution in [0.1, 0.15) is 41.8 Å². The molecule has 0 saturated carbocycles. The van der Waals surface area contributed by atoms with Crippen molar-refractivity contribution in [3.8, 4) is 0 Å². The average molecular weight is 378 g/mol. The third-order valence-electron chi connectivity index (χ3n) is 4.23. The van der Waals surface area contributed by atoms with E-state index in [1.807, 2.05) is 26.8 Å². The summed E-state index contributed by atoms with van der Waals surface area (Å²) < 4.78 is 41.3. The number of aryl methyl sites for hydroxylation is 2. The summed E-state index contributed by atoms with van der Waals surface area (Å²) in [6.07, 6.45) is 0.612. The van der Waals surface area contributed by atoms with Gasteiger partial charge in [-0.3, -0.25) is 4.79 Å². The highest BCUT2D eigenvalue weighted by Crippen LogP contribution is 2.19. The Labute approximate surface area is 153 Å². The first-order valence-corrected chi connectivity index (χ1v) is 9.83. The number of carbonyl (C=O) groups is 1. The second-order valence-electron chi connectivity index (χ2n) is 6.33. The number of hydrogen-bond acceptors (Lipinski definition) is 3. The molecule has 26 heavy (non-hydrogen) atoms. The van der Waals surface area contributed by atoms with Crippen LogP contribution >= 0.6 is 0 Å². The SMILES string of the molecule is CC[C@@H](C)NS(=O)(=O)c1ccc(F)c(C(=O)Nc2ccc(C)c(C)c2)c1. The summed E-state index contributed by atoms with van der Waals surface area (Å²) >= 11 is 0. The quantitative estimate of drug-likeness (QED) is 0.803. The number of carbonyl (C=O) groups excluding carboxylic acids is 1. The third-order valence-corrected chi connectivity index (χ3v) is 5.81. The summed E-state index contributed by atoms with van der Waals surface area (Å²) in [5, 5.41) is 2.60. The normalized spacial score (nSPS) is 12.7. The van der Waals surface area contributed by atoms with E-state index in [0.717, 1.165) is 29.3 Å². The molecule has 0 aliphatic heterocycles. The van der Waals surface area contributed by atoms with Crippen molar-refractivity contribution >= 4 is 21.6 Å². The number of nitrogens with one attached hydrogen (secondary N) is 2. The Kier molecular flexibility index (Phi) is 6.15. The van der Waals surface area contributed by atoms with Crippen molar-refractivity contribution in [2.75, 3.05) is 5.32 Å². The van der Waals surface area contributed by atoms with Gasteiger partial charge < -0.3 is 5.32 Å². The standard InChI is InChI=1S/C19H23FN2O3S/c1-5-14(4)22-26(24,25)16-8-9-18(20)17(11-16)19(23)21-15-7-6-12(2)13(3)10-15/h6-11,14,22H,5H2,1-4H3,(H,21,23)/t14-/m1/s1. The van der Waals surface area contributed by atoms with Gasteiger partial charge in [0.1, 0.15) is 5.82 Å². The molecular weight excluding hydrogens is 355 g/mol. The lowest BCUT2D eigenvalue weighted by molar-refractivity contribution is 0.102. The summed E-state index contributed by atoms with van der Waals surface area (Å²) in [5.74, 6) is -1.49.